The molecular weight excluding hydrogens is 342 g/mol. The number of benzene rings is 1. The zero-order valence-electron chi connectivity index (χ0n) is 14.0. The molecule has 3 aliphatic rings. The van der Waals surface area contributed by atoms with E-state index in [4.69, 9.17) is 4.74 Å². The van der Waals surface area contributed by atoms with Crippen molar-refractivity contribution in [3.63, 3.8) is 0 Å². The molecule has 0 bridgehead atoms. The van der Waals surface area contributed by atoms with E-state index >= 15 is 0 Å². The molecule has 136 valence electrons. The third kappa shape index (κ3) is 3.32. The van der Waals surface area contributed by atoms with Crippen LogP contribution in [0.3, 0.4) is 0 Å². The monoisotopic (exact) mass is 365 g/mol. The lowest BCUT2D eigenvalue weighted by Gasteiger charge is -2.26. The molecule has 4 rings (SSSR count). The number of hydrogen-bond donors (Lipinski definition) is 2. The minimum atomic E-state index is -3.64. The summed E-state index contributed by atoms with van der Waals surface area (Å²) in [6.45, 7) is 0.691. The largest absolute Gasteiger partial charge is 0.485 e. The Morgan fingerprint density at radius 1 is 1.16 bits per heavy atom. The van der Waals surface area contributed by atoms with Gasteiger partial charge in [-0.15, -0.1) is 0 Å². The van der Waals surface area contributed by atoms with Gasteiger partial charge < -0.3 is 15.0 Å². The maximum absolute atomic E-state index is 12.5. The average Bonchev–Trinajstić information content (AvgIpc) is 2.94. The van der Waals surface area contributed by atoms with E-state index in [1.54, 1.807) is 23.1 Å². The van der Waals surface area contributed by atoms with Crippen molar-refractivity contribution in [2.75, 3.05) is 13.1 Å². The van der Waals surface area contributed by atoms with Crippen LogP contribution in [0.2, 0.25) is 0 Å². The van der Waals surface area contributed by atoms with Crippen LogP contribution in [0.15, 0.2) is 29.2 Å². The molecule has 2 amide bonds. The number of amides is 2. The normalized spacial score (nSPS) is 28.4. The Bertz CT molecular complexity index is 761. The second-order valence-electron chi connectivity index (χ2n) is 7.02. The maximum atomic E-state index is 12.5. The van der Waals surface area contributed by atoms with Crippen LogP contribution in [0.5, 0.6) is 5.75 Å². The van der Waals surface area contributed by atoms with Crippen LogP contribution in [0.1, 0.15) is 32.1 Å². The lowest BCUT2D eigenvalue weighted by molar-refractivity contribution is 0.176. The molecule has 1 aromatic carbocycles. The molecule has 0 radical (unpaired) electrons. The number of carbonyl (C=O) groups excluding carboxylic acids is 1. The number of likely N-dealkylation sites (tertiary alicyclic amines) is 1. The number of fused-ring (bicyclic) bond motifs is 2. The predicted molar refractivity (Wildman–Crippen MR) is 91.9 cm³/mol. The first-order valence-corrected chi connectivity index (χ1v) is 10.3. The highest BCUT2D eigenvalue weighted by atomic mass is 32.2. The number of para-hydroxylation sites is 1. The van der Waals surface area contributed by atoms with Gasteiger partial charge in [0.15, 0.2) is 0 Å². The highest BCUT2D eigenvalue weighted by Gasteiger charge is 2.42. The van der Waals surface area contributed by atoms with Gasteiger partial charge in [0, 0.05) is 12.6 Å². The standard InChI is InChI=1S/C17H23N3O4S/c21-17(18-12-6-2-1-3-7-12)20-10-13-15(11-20)24-14-8-4-5-9-16(14)25(22,23)19-13/h4-5,8-9,12-13,15,19H,1-3,6-7,10-11H2,(H,18,21)/t13-,15+/m1/s1. The first-order valence-electron chi connectivity index (χ1n) is 8.86. The van der Waals surface area contributed by atoms with Crippen LogP contribution < -0.4 is 14.8 Å². The molecule has 1 saturated heterocycles. The number of rotatable bonds is 1. The third-order valence-electron chi connectivity index (χ3n) is 5.21. The lowest BCUT2D eigenvalue weighted by atomic mass is 9.96. The van der Waals surface area contributed by atoms with Crippen molar-refractivity contribution in [3.05, 3.63) is 24.3 Å². The summed E-state index contributed by atoms with van der Waals surface area (Å²) in [5.41, 5.74) is 0. The first-order chi connectivity index (χ1) is 12.0. The van der Waals surface area contributed by atoms with Gasteiger partial charge in [0.25, 0.3) is 0 Å². The van der Waals surface area contributed by atoms with Crippen molar-refractivity contribution < 1.29 is 17.9 Å². The summed E-state index contributed by atoms with van der Waals surface area (Å²) in [5.74, 6) is 0.344. The number of nitrogens with one attached hydrogen (secondary N) is 2. The van der Waals surface area contributed by atoms with Crippen LogP contribution >= 0.6 is 0 Å². The van der Waals surface area contributed by atoms with E-state index in [-0.39, 0.29) is 23.1 Å². The van der Waals surface area contributed by atoms with Crippen molar-refractivity contribution in [2.45, 2.75) is 55.2 Å². The smallest absolute Gasteiger partial charge is 0.317 e. The van der Waals surface area contributed by atoms with Gasteiger partial charge in [-0.25, -0.2) is 17.9 Å². The van der Waals surface area contributed by atoms with Crippen LogP contribution in [0.25, 0.3) is 0 Å². The van der Waals surface area contributed by atoms with E-state index in [1.807, 2.05) is 0 Å². The van der Waals surface area contributed by atoms with Gasteiger partial charge >= 0.3 is 6.03 Å². The van der Waals surface area contributed by atoms with E-state index in [1.165, 1.54) is 12.5 Å². The number of hydrogen-bond acceptors (Lipinski definition) is 4. The Morgan fingerprint density at radius 2 is 1.92 bits per heavy atom. The summed E-state index contributed by atoms with van der Waals surface area (Å²) >= 11 is 0. The number of sulfonamides is 1. The van der Waals surface area contributed by atoms with Gasteiger partial charge in [0.1, 0.15) is 16.7 Å². The molecule has 0 aromatic heterocycles. The minimum Gasteiger partial charge on any atom is -0.485 e. The van der Waals surface area contributed by atoms with Gasteiger partial charge in [0.2, 0.25) is 10.0 Å². The molecule has 2 N–H and O–H groups in total. The fraction of sp³-hybridized carbons (Fsp3) is 0.588. The molecule has 0 unspecified atom stereocenters. The molecule has 2 aliphatic heterocycles. The number of carbonyl (C=O) groups is 1. The molecule has 1 aliphatic carbocycles. The zero-order valence-corrected chi connectivity index (χ0v) is 14.8. The van der Waals surface area contributed by atoms with Gasteiger partial charge in [-0.1, -0.05) is 31.4 Å². The summed E-state index contributed by atoms with van der Waals surface area (Å²) in [5, 5.41) is 3.08. The van der Waals surface area contributed by atoms with Crippen LogP contribution in [-0.2, 0) is 10.0 Å². The van der Waals surface area contributed by atoms with E-state index in [0.29, 0.717) is 18.8 Å². The van der Waals surface area contributed by atoms with E-state index in [9.17, 15) is 13.2 Å². The second kappa shape index (κ2) is 6.49. The molecule has 2 heterocycles. The van der Waals surface area contributed by atoms with Crippen molar-refractivity contribution in [3.8, 4) is 5.75 Å². The molecule has 7 nitrogen and oxygen atoms in total. The van der Waals surface area contributed by atoms with Crippen molar-refractivity contribution >= 4 is 16.1 Å². The van der Waals surface area contributed by atoms with Crippen LogP contribution in [0.4, 0.5) is 4.79 Å². The zero-order chi connectivity index (χ0) is 17.4. The Morgan fingerprint density at radius 3 is 2.72 bits per heavy atom. The molecule has 1 saturated carbocycles. The number of ether oxygens (including phenoxy) is 1. The molecule has 0 spiro atoms. The fourth-order valence-corrected chi connectivity index (χ4v) is 5.27. The number of urea groups is 1. The molecule has 1 aromatic rings. The average molecular weight is 365 g/mol. The Hall–Kier alpha value is -1.80. The van der Waals surface area contributed by atoms with E-state index in [0.717, 1.165) is 25.7 Å². The number of nitrogens with zero attached hydrogens (tertiary/aromatic N) is 1. The van der Waals surface area contributed by atoms with Gasteiger partial charge in [-0.3, -0.25) is 0 Å². The summed E-state index contributed by atoms with van der Waals surface area (Å²) in [4.78, 5) is 14.3. The Balaban J connectivity index is 1.47. The summed E-state index contributed by atoms with van der Waals surface area (Å²) in [7, 11) is -3.64. The minimum absolute atomic E-state index is 0.129. The van der Waals surface area contributed by atoms with Gasteiger partial charge in [-0.2, -0.15) is 0 Å². The highest BCUT2D eigenvalue weighted by Crippen LogP contribution is 2.30. The van der Waals surface area contributed by atoms with E-state index < -0.39 is 16.1 Å². The highest BCUT2D eigenvalue weighted by molar-refractivity contribution is 7.89. The van der Waals surface area contributed by atoms with Gasteiger partial charge in [-0.05, 0) is 25.0 Å². The lowest BCUT2D eigenvalue weighted by Crippen LogP contribution is -2.46. The first kappa shape index (κ1) is 16.7. The molecule has 8 heteroatoms. The molecule has 25 heavy (non-hydrogen) atoms. The predicted octanol–water partition coefficient (Wildman–Crippen LogP) is 1.45. The summed E-state index contributed by atoms with van der Waals surface area (Å²) in [6, 6.07) is 6.27. The Kier molecular flexibility index (Phi) is 4.33. The van der Waals surface area contributed by atoms with Crippen LogP contribution in [0, 0.1) is 0 Å². The summed E-state index contributed by atoms with van der Waals surface area (Å²) in [6.07, 6.45) is 5.18. The second-order valence-corrected chi connectivity index (χ2v) is 8.70. The quantitative estimate of drug-likeness (QED) is 0.789. The molecule has 2 atom stereocenters. The Labute approximate surface area is 147 Å². The topological polar surface area (TPSA) is 87.7 Å². The van der Waals surface area contributed by atoms with E-state index in [2.05, 4.69) is 10.0 Å². The van der Waals surface area contributed by atoms with Crippen molar-refractivity contribution in [2.24, 2.45) is 0 Å². The molecule has 2 fully saturated rings. The fourth-order valence-electron chi connectivity index (χ4n) is 3.88. The summed E-state index contributed by atoms with van der Waals surface area (Å²) < 4.78 is 33.6. The SMILES string of the molecule is O=C(NC1CCCCC1)N1C[C@@H]2Oc3ccccc3S(=O)(=O)N[C@@H]2C1. The van der Waals surface area contributed by atoms with Gasteiger partial charge in [0.05, 0.1) is 12.6 Å². The third-order valence-corrected chi connectivity index (χ3v) is 6.74. The van der Waals surface area contributed by atoms with Crippen LogP contribution in [-0.4, -0.2) is 50.6 Å². The molecular formula is C17H23N3O4S. The maximum Gasteiger partial charge on any atom is 0.317 e. The van der Waals surface area contributed by atoms with Crippen molar-refractivity contribution in [1.29, 1.82) is 0 Å². The van der Waals surface area contributed by atoms with Crippen molar-refractivity contribution in [1.82, 2.24) is 14.9 Å².